The summed E-state index contributed by atoms with van der Waals surface area (Å²) in [7, 11) is 1.53. The van der Waals surface area contributed by atoms with E-state index in [2.05, 4.69) is 4.74 Å². The molecule has 0 aliphatic carbocycles. The van der Waals surface area contributed by atoms with E-state index < -0.39 is 4.92 Å². The van der Waals surface area contributed by atoms with E-state index >= 15 is 0 Å². The van der Waals surface area contributed by atoms with Gasteiger partial charge in [0.15, 0.2) is 0 Å². The van der Waals surface area contributed by atoms with Crippen LogP contribution in [0.4, 0.5) is 5.00 Å². The zero-order valence-electron chi connectivity index (χ0n) is 6.39. The number of hydrogen-bond acceptors (Lipinski definition) is 4. The molecule has 0 amide bonds. The van der Waals surface area contributed by atoms with Gasteiger partial charge in [0.2, 0.25) is 0 Å². The van der Waals surface area contributed by atoms with Crippen molar-refractivity contribution in [3.63, 3.8) is 0 Å². The third kappa shape index (κ3) is 2.06. The van der Waals surface area contributed by atoms with E-state index in [0.717, 1.165) is 16.2 Å². The summed E-state index contributed by atoms with van der Waals surface area (Å²) in [5.74, 6) is 0. The van der Waals surface area contributed by atoms with Gasteiger partial charge < -0.3 is 4.74 Å². The molecule has 1 rings (SSSR count). The van der Waals surface area contributed by atoms with Gasteiger partial charge in [0, 0.05) is 10.9 Å². The van der Waals surface area contributed by atoms with Crippen LogP contribution in [0.25, 0.3) is 6.08 Å². The summed E-state index contributed by atoms with van der Waals surface area (Å²) in [6.45, 7) is 0. The van der Waals surface area contributed by atoms with Gasteiger partial charge in [-0.25, -0.2) is 0 Å². The predicted octanol–water partition coefficient (Wildman–Crippen LogP) is 2.27. The van der Waals surface area contributed by atoms with Gasteiger partial charge in [-0.15, -0.1) is 0 Å². The highest BCUT2D eigenvalue weighted by Crippen LogP contribution is 2.24. The van der Waals surface area contributed by atoms with Crippen molar-refractivity contribution in [3.8, 4) is 0 Å². The lowest BCUT2D eigenvalue weighted by molar-refractivity contribution is -0.380. The highest BCUT2D eigenvalue weighted by atomic mass is 32.1. The van der Waals surface area contributed by atoms with Gasteiger partial charge in [-0.3, -0.25) is 10.1 Å². The Morgan fingerprint density at radius 2 is 2.42 bits per heavy atom. The van der Waals surface area contributed by atoms with E-state index in [9.17, 15) is 10.1 Å². The van der Waals surface area contributed by atoms with Crippen molar-refractivity contribution in [2.24, 2.45) is 0 Å². The van der Waals surface area contributed by atoms with Crippen molar-refractivity contribution in [2.75, 3.05) is 7.11 Å². The molecule has 12 heavy (non-hydrogen) atoms. The maximum absolute atomic E-state index is 10.2. The smallest absolute Gasteiger partial charge is 0.324 e. The Balaban J connectivity index is 2.77. The Bertz CT molecular complexity index is 305. The quantitative estimate of drug-likeness (QED) is 0.412. The fourth-order valence-electron chi connectivity index (χ4n) is 0.665. The Morgan fingerprint density at radius 3 is 2.92 bits per heavy atom. The van der Waals surface area contributed by atoms with Crippen LogP contribution < -0.4 is 0 Å². The number of thiophene rings is 1. The van der Waals surface area contributed by atoms with Crippen molar-refractivity contribution in [2.45, 2.75) is 0 Å². The van der Waals surface area contributed by atoms with E-state index in [4.69, 9.17) is 0 Å². The van der Waals surface area contributed by atoms with E-state index in [0.29, 0.717) is 0 Å². The highest BCUT2D eigenvalue weighted by molar-refractivity contribution is 7.16. The summed E-state index contributed by atoms with van der Waals surface area (Å²) in [5.41, 5.74) is 0. The topological polar surface area (TPSA) is 52.4 Å². The lowest BCUT2D eigenvalue weighted by atomic mass is 10.4. The number of hydrogen-bond donors (Lipinski definition) is 0. The molecule has 1 aromatic heterocycles. The van der Waals surface area contributed by atoms with Gasteiger partial charge in [-0.05, 0) is 12.1 Å². The SMILES string of the molecule is CO/C=C\c1ccc([N+](=O)[O-])s1. The molecular weight excluding hydrogens is 178 g/mol. The van der Waals surface area contributed by atoms with Crippen LogP contribution in [0, 0.1) is 10.1 Å². The molecule has 5 heteroatoms. The summed E-state index contributed by atoms with van der Waals surface area (Å²) in [5, 5.41) is 10.4. The molecule has 0 spiro atoms. The number of nitro groups is 1. The van der Waals surface area contributed by atoms with Gasteiger partial charge in [-0.1, -0.05) is 11.3 Å². The summed E-state index contributed by atoms with van der Waals surface area (Å²) >= 11 is 1.12. The molecule has 0 aliphatic heterocycles. The van der Waals surface area contributed by atoms with Gasteiger partial charge in [0.25, 0.3) is 0 Å². The summed E-state index contributed by atoms with van der Waals surface area (Å²) in [6.07, 6.45) is 3.16. The lowest BCUT2D eigenvalue weighted by Gasteiger charge is -1.83. The number of rotatable bonds is 3. The molecule has 0 aliphatic rings. The minimum atomic E-state index is -0.408. The van der Waals surface area contributed by atoms with Crippen molar-refractivity contribution in [1.29, 1.82) is 0 Å². The molecular formula is C7H7NO3S. The van der Waals surface area contributed by atoms with Crippen molar-refractivity contribution >= 4 is 22.4 Å². The van der Waals surface area contributed by atoms with Gasteiger partial charge in [0.1, 0.15) is 0 Å². The Hall–Kier alpha value is -1.36. The molecule has 0 saturated heterocycles. The molecule has 4 nitrogen and oxygen atoms in total. The van der Waals surface area contributed by atoms with E-state index in [1.54, 1.807) is 12.1 Å². The molecule has 0 aromatic carbocycles. The van der Waals surface area contributed by atoms with E-state index in [1.807, 2.05) is 0 Å². The fourth-order valence-corrected chi connectivity index (χ4v) is 1.38. The molecule has 0 N–H and O–H groups in total. The third-order valence-electron chi connectivity index (χ3n) is 1.16. The second-order valence-electron chi connectivity index (χ2n) is 1.97. The van der Waals surface area contributed by atoms with E-state index in [1.165, 1.54) is 19.4 Å². The molecule has 0 bridgehead atoms. The van der Waals surface area contributed by atoms with Crippen LogP contribution in [0.1, 0.15) is 4.88 Å². The summed E-state index contributed by atoms with van der Waals surface area (Å²) < 4.78 is 4.67. The third-order valence-corrected chi connectivity index (χ3v) is 2.16. The largest absolute Gasteiger partial charge is 0.504 e. The van der Waals surface area contributed by atoms with E-state index in [-0.39, 0.29) is 5.00 Å². The molecule has 64 valence electrons. The number of nitrogens with zero attached hydrogens (tertiary/aromatic N) is 1. The maximum Gasteiger partial charge on any atom is 0.324 e. The molecule has 0 saturated carbocycles. The molecule has 0 fully saturated rings. The average Bonchev–Trinajstić information content (AvgIpc) is 2.48. The maximum atomic E-state index is 10.2. The van der Waals surface area contributed by atoms with Crippen LogP contribution in [0.15, 0.2) is 18.4 Å². The Morgan fingerprint density at radius 1 is 1.67 bits per heavy atom. The second-order valence-corrected chi connectivity index (χ2v) is 3.07. The fraction of sp³-hybridized carbons (Fsp3) is 0.143. The second kappa shape index (κ2) is 3.87. The van der Waals surface area contributed by atoms with Crippen molar-refractivity contribution in [3.05, 3.63) is 33.4 Å². The zero-order chi connectivity index (χ0) is 8.97. The monoisotopic (exact) mass is 185 g/mol. The summed E-state index contributed by atoms with van der Waals surface area (Å²) in [6, 6.07) is 3.15. The van der Waals surface area contributed by atoms with Crippen LogP contribution in [-0.2, 0) is 4.74 Å². The first-order chi connectivity index (χ1) is 5.74. The van der Waals surface area contributed by atoms with Crippen molar-refractivity contribution in [1.82, 2.24) is 0 Å². The minimum absolute atomic E-state index is 0.144. The van der Waals surface area contributed by atoms with Crippen LogP contribution in [0.5, 0.6) is 0 Å². The molecule has 0 radical (unpaired) electrons. The lowest BCUT2D eigenvalue weighted by Crippen LogP contribution is -1.80. The Kier molecular flexibility index (Phi) is 2.82. The number of ether oxygens (including phenoxy) is 1. The van der Waals surface area contributed by atoms with Crippen LogP contribution in [0.3, 0.4) is 0 Å². The molecule has 1 aromatic rings. The predicted molar refractivity (Wildman–Crippen MR) is 47.0 cm³/mol. The molecule has 1 heterocycles. The van der Waals surface area contributed by atoms with Crippen LogP contribution in [0.2, 0.25) is 0 Å². The van der Waals surface area contributed by atoms with Gasteiger partial charge in [-0.2, -0.15) is 0 Å². The first kappa shape index (κ1) is 8.73. The first-order valence-corrected chi connectivity index (χ1v) is 3.99. The Labute approximate surface area is 73.2 Å². The van der Waals surface area contributed by atoms with Crippen LogP contribution >= 0.6 is 11.3 Å². The molecule has 0 unspecified atom stereocenters. The highest BCUT2D eigenvalue weighted by Gasteiger charge is 2.07. The van der Waals surface area contributed by atoms with Crippen LogP contribution in [-0.4, -0.2) is 12.0 Å². The molecule has 0 atom stereocenters. The summed E-state index contributed by atoms with van der Waals surface area (Å²) in [4.78, 5) is 10.6. The zero-order valence-corrected chi connectivity index (χ0v) is 7.21. The van der Waals surface area contributed by atoms with Crippen molar-refractivity contribution < 1.29 is 9.66 Å². The normalized spacial score (nSPS) is 10.4. The minimum Gasteiger partial charge on any atom is -0.504 e. The number of methoxy groups -OCH3 is 1. The van der Waals surface area contributed by atoms with Gasteiger partial charge >= 0.3 is 5.00 Å². The first-order valence-electron chi connectivity index (χ1n) is 3.17. The standard InChI is InChI=1S/C7H7NO3S/c1-11-5-4-6-2-3-7(12-6)8(9)10/h2-5H,1H3/b5-4-. The average molecular weight is 185 g/mol. The van der Waals surface area contributed by atoms with Gasteiger partial charge in [0.05, 0.1) is 18.3 Å².